The molecule has 0 fully saturated rings. The van der Waals surface area contributed by atoms with E-state index in [9.17, 15) is 4.39 Å². The second-order valence-electron chi connectivity index (χ2n) is 6.59. The molecule has 0 saturated heterocycles. The maximum absolute atomic E-state index is 14.5. The SMILES string of the molecule is C/C=C(\C)CN=c1ccn(Cc2ccc(-c3ccccc3)c(F)c2)cc1N. The Bertz CT molecular complexity index is 1020. The van der Waals surface area contributed by atoms with E-state index in [0.29, 0.717) is 24.3 Å². The van der Waals surface area contributed by atoms with Crippen LogP contribution in [0.2, 0.25) is 0 Å². The number of nitrogens with zero attached hydrogens (tertiary/aromatic N) is 2. The van der Waals surface area contributed by atoms with E-state index < -0.39 is 0 Å². The topological polar surface area (TPSA) is 43.3 Å². The van der Waals surface area contributed by atoms with E-state index in [1.807, 2.05) is 85.4 Å². The molecular weight excluding hydrogens is 337 g/mol. The van der Waals surface area contributed by atoms with Crippen LogP contribution in [0.25, 0.3) is 11.1 Å². The van der Waals surface area contributed by atoms with E-state index in [1.165, 1.54) is 5.57 Å². The maximum atomic E-state index is 14.5. The lowest BCUT2D eigenvalue weighted by Crippen LogP contribution is -2.14. The molecule has 0 bridgehead atoms. The number of hydrogen-bond acceptors (Lipinski definition) is 2. The van der Waals surface area contributed by atoms with Gasteiger partial charge in [0.15, 0.2) is 0 Å². The van der Waals surface area contributed by atoms with Gasteiger partial charge in [-0.15, -0.1) is 0 Å². The molecule has 1 aromatic heterocycles. The second-order valence-corrected chi connectivity index (χ2v) is 6.59. The van der Waals surface area contributed by atoms with Gasteiger partial charge in [0.25, 0.3) is 0 Å². The monoisotopic (exact) mass is 361 g/mol. The van der Waals surface area contributed by atoms with Crippen LogP contribution in [0.15, 0.2) is 83.6 Å². The van der Waals surface area contributed by atoms with E-state index in [0.717, 1.165) is 16.5 Å². The van der Waals surface area contributed by atoms with E-state index in [-0.39, 0.29) is 5.82 Å². The van der Waals surface area contributed by atoms with Gasteiger partial charge in [0, 0.05) is 24.5 Å². The van der Waals surface area contributed by atoms with Crippen molar-refractivity contribution in [3.8, 4) is 11.1 Å². The number of allylic oxidation sites excluding steroid dienone is 1. The zero-order valence-electron chi connectivity index (χ0n) is 15.7. The van der Waals surface area contributed by atoms with Crippen LogP contribution in [-0.2, 0) is 6.54 Å². The summed E-state index contributed by atoms with van der Waals surface area (Å²) in [6.45, 7) is 5.22. The van der Waals surface area contributed by atoms with Gasteiger partial charge in [-0.3, -0.25) is 4.99 Å². The number of anilines is 1. The minimum atomic E-state index is -0.222. The molecule has 138 valence electrons. The van der Waals surface area contributed by atoms with Crippen molar-refractivity contribution in [2.45, 2.75) is 20.4 Å². The Labute approximate surface area is 159 Å². The summed E-state index contributed by atoms with van der Waals surface area (Å²) in [4.78, 5) is 4.52. The van der Waals surface area contributed by atoms with Crippen molar-refractivity contribution in [1.82, 2.24) is 4.57 Å². The van der Waals surface area contributed by atoms with Crippen LogP contribution in [0.3, 0.4) is 0 Å². The number of nitrogens with two attached hydrogens (primary N) is 1. The molecule has 2 aromatic carbocycles. The molecule has 3 rings (SSSR count). The summed E-state index contributed by atoms with van der Waals surface area (Å²) in [5.74, 6) is -0.222. The van der Waals surface area contributed by atoms with E-state index in [2.05, 4.69) is 4.99 Å². The highest BCUT2D eigenvalue weighted by Gasteiger charge is 2.06. The van der Waals surface area contributed by atoms with Gasteiger partial charge in [0.1, 0.15) is 5.82 Å². The first-order chi connectivity index (χ1) is 13.1. The molecule has 0 radical (unpaired) electrons. The van der Waals surface area contributed by atoms with E-state index >= 15 is 0 Å². The van der Waals surface area contributed by atoms with Crippen molar-refractivity contribution in [2.75, 3.05) is 12.3 Å². The van der Waals surface area contributed by atoms with Crippen LogP contribution in [0.1, 0.15) is 19.4 Å². The molecule has 0 amide bonds. The molecule has 3 nitrogen and oxygen atoms in total. The van der Waals surface area contributed by atoms with E-state index in [1.54, 1.807) is 6.07 Å². The number of benzene rings is 2. The van der Waals surface area contributed by atoms with Crippen LogP contribution >= 0.6 is 0 Å². The Morgan fingerprint density at radius 2 is 1.93 bits per heavy atom. The average molecular weight is 361 g/mol. The zero-order chi connectivity index (χ0) is 19.2. The van der Waals surface area contributed by atoms with Crippen LogP contribution in [-0.4, -0.2) is 11.1 Å². The van der Waals surface area contributed by atoms with Crippen molar-refractivity contribution in [1.29, 1.82) is 0 Å². The van der Waals surface area contributed by atoms with Crippen molar-refractivity contribution < 1.29 is 4.39 Å². The van der Waals surface area contributed by atoms with Gasteiger partial charge in [0.2, 0.25) is 0 Å². The second kappa shape index (κ2) is 8.49. The minimum absolute atomic E-state index is 0.222. The highest BCUT2D eigenvalue weighted by Crippen LogP contribution is 2.23. The highest BCUT2D eigenvalue weighted by molar-refractivity contribution is 5.64. The molecule has 4 heteroatoms. The third-order valence-corrected chi connectivity index (χ3v) is 4.50. The molecule has 0 aliphatic rings. The van der Waals surface area contributed by atoms with Gasteiger partial charge in [-0.05, 0) is 37.1 Å². The zero-order valence-corrected chi connectivity index (χ0v) is 15.7. The third kappa shape index (κ3) is 4.73. The highest BCUT2D eigenvalue weighted by atomic mass is 19.1. The summed E-state index contributed by atoms with van der Waals surface area (Å²) in [6.07, 6.45) is 5.80. The van der Waals surface area contributed by atoms with Gasteiger partial charge in [-0.1, -0.05) is 54.1 Å². The first-order valence-electron chi connectivity index (χ1n) is 8.98. The summed E-state index contributed by atoms with van der Waals surface area (Å²) < 4.78 is 16.5. The number of pyridine rings is 1. The maximum Gasteiger partial charge on any atom is 0.131 e. The van der Waals surface area contributed by atoms with Crippen molar-refractivity contribution >= 4 is 5.69 Å². The molecule has 2 N–H and O–H groups in total. The standard InChI is InChI=1S/C23H24FN3/c1-3-17(2)14-26-23-11-12-27(16-22(23)25)15-18-9-10-20(21(24)13-18)19-7-5-4-6-8-19/h3-13,16H,14-15,25H2,1-2H3/b17-3+,26-23?. The lowest BCUT2D eigenvalue weighted by atomic mass is 10.0. The summed E-state index contributed by atoms with van der Waals surface area (Å²) in [5, 5.41) is 0.776. The summed E-state index contributed by atoms with van der Waals surface area (Å²) in [7, 11) is 0. The summed E-state index contributed by atoms with van der Waals surface area (Å²) in [5.41, 5.74) is 10.3. The third-order valence-electron chi connectivity index (χ3n) is 4.50. The molecule has 0 atom stereocenters. The molecule has 0 saturated carbocycles. The largest absolute Gasteiger partial charge is 0.396 e. The smallest absolute Gasteiger partial charge is 0.131 e. The molecule has 0 aliphatic heterocycles. The predicted octanol–water partition coefficient (Wildman–Crippen LogP) is 4.79. The fourth-order valence-corrected chi connectivity index (χ4v) is 2.81. The lowest BCUT2D eigenvalue weighted by molar-refractivity contribution is 0.627. The van der Waals surface area contributed by atoms with Crippen molar-refractivity contribution in [3.63, 3.8) is 0 Å². The van der Waals surface area contributed by atoms with Gasteiger partial charge in [-0.25, -0.2) is 4.39 Å². The Hall–Kier alpha value is -3.14. The van der Waals surface area contributed by atoms with Gasteiger partial charge < -0.3 is 10.3 Å². The number of halogens is 1. The lowest BCUT2D eigenvalue weighted by Gasteiger charge is -2.10. The fourth-order valence-electron chi connectivity index (χ4n) is 2.81. The summed E-state index contributed by atoms with van der Waals surface area (Å²) >= 11 is 0. The quantitative estimate of drug-likeness (QED) is 0.652. The molecule has 3 aromatic rings. The number of rotatable bonds is 5. The van der Waals surface area contributed by atoms with Crippen molar-refractivity contribution in [2.24, 2.45) is 4.99 Å². The molecule has 0 spiro atoms. The molecule has 27 heavy (non-hydrogen) atoms. The minimum Gasteiger partial charge on any atom is -0.396 e. The first kappa shape index (κ1) is 18.6. The van der Waals surface area contributed by atoms with Crippen molar-refractivity contribution in [3.05, 3.63) is 95.4 Å². The fraction of sp³-hybridized carbons (Fsp3) is 0.174. The molecule has 1 heterocycles. The molecular formula is C23H24FN3. The van der Waals surface area contributed by atoms with Crippen LogP contribution in [0.4, 0.5) is 10.1 Å². The number of nitrogen functional groups attached to an aromatic ring is 1. The Kier molecular flexibility index (Phi) is 5.87. The normalized spacial score (nSPS) is 12.4. The van der Waals surface area contributed by atoms with Crippen LogP contribution in [0.5, 0.6) is 0 Å². The number of aromatic nitrogens is 1. The molecule has 0 unspecified atom stereocenters. The van der Waals surface area contributed by atoms with Gasteiger partial charge in [-0.2, -0.15) is 0 Å². The number of hydrogen-bond donors (Lipinski definition) is 1. The van der Waals surface area contributed by atoms with Gasteiger partial charge in [0.05, 0.1) is 17.6 Å². The first-order valence-corrected chi connectivity index (χ1v) is 8.98. The van der Waals surface area contributed by atoms with E-state index in [4.69, 9.17) is 5.73 Å². The molecule has 0 aliphatic carbocycles. The summed E-state index contributed by atoms with van der Waals surface area (Å²) in [6, 6.07) is 16.8. The predicted molar refractivity (Wildman–Crippen MR) is 110 cm³/mol. The van der Waals surface area contributed by atoms with Crippen LogP contribution < -0.4 is 11.1 Å². The average Bonchev–Trinajstić information content (AvgIpc) is 2.68. The Balaban J connectivity index is 1.80. The Morgan fingerprint density at radius 1 is 1.15 bits per heavy atom. The Morgan fingerprint density at radius 3 is 2.59 bits per heavy atom. The van der Waals surface area contributed by atoms with Crippen LogP contribution in [0, 0.1) is 5.82 Å². The van der Waals surface area contributed by atoms with Gasteiger partial charge >= 0.3 is 0 Å².